The molecule has 3 nitrogen and oxygen atoms in total. The number of aromatic nitrogens is 3. The maximum Gasteiger partial charge on any atom is 0.163 e. The zero-order valence-electron chi connectivity index (χ0n) is 16.2. The summed E-state index contributed by atoms with van der Waals surface area (Å²) >= 11 is 6.06. The highest BCUT2D eigenvalue weighted by molar-refractivity contribution is 6.30. The molecule has 1 atom stereocenters. The Labute approximate surface area is 174 Å². The van der Waals surface area contributed by atoms with Gasteiger partial charge in [0.1, 0.15) is 5.82 Å². The minimum absolute atomic E-state index is 0.243. The van der Waals surface area contributed by atoms with E-state index in [4.69, 9.17) is 16.6 Å². The summed E-state index contributed by atoms with van der Waals surface area (Å²) in [6.45, 7) is 2.23. The normalized spacial score (nSPS) is 16.2. The van der Waals surface area contributed by atoms with E-state index in [1.54, 1.807) is 12.1 Å². The van der Waals surface area contributed by atoms with Crippen LogP contribution in [-0.2, 0) is 12.8 Å². The van der Waals surface area contributed by atoms with Crippen LogP contribution in [-0.4, -0.2) is 14.6 Å². The van der Waals surface area contributed by atoms with Gasteiger partial charge < -0.3 is 0 Å². The van der Waals surface area contributed by atoms with Crippen LogP contribution in [0.3, 0.4) is 0 Å². The Morgan fingerprint density at radius 3 is 2.72 bits per heavy atom. The van der Waals surface area contributed by atoms with E-state index in [9.17, 15) is 4.39 Å². The number of nitrogens with zero attached hydrogens (tertiary/aromatic N) is 3. The standard InChI is InChI=1S/C24H21ClFN3/c1-2-15-6-11-22-20(12-15)23(17-4-3-5-19(26)13-17)28-24-21(14-27-29(22)24)16-7-9-18(25)10-8-16/h3-5,7-10,13-15H,2,6,11-12H2,1H3/t15-/m1/s1. The highest BCUT2D eigenvalue weighted by atomic mass is 35.5. The van der Waals surface area contributed by atoms with Crippen molar-refractivity contribution in [1.29, 1.82) is 0 Å². The minimum atomic E-state index is -0.243. The number of fused-ring (bicyclic) bond motifs is 3. The van der Waals surface area contributed by atoms with E-state index in [0.29, 0.717) is 10.9 Å². The van der Waals surface area contributed by atoms with Crippen molar-refractivity contribution in [1.82, 2.24) is 14.6 Å². The first-order valence-electron chi connectivity index (χ1n) is 10.1. The van der Waals surface area contributed by atoms with Gasteiger partial charge in [-0.1, -0.05) is 49.2 Å². The molecular weight excluding hydrogens is 385 g/mol. The lowest BCUT2D eigenvalue weighted by Crippen LogP contribution is -2.19. The fraction of sp³-hybridized carbons (Fsp3) is 0.250. The number of aryl methyl sites for hydroxylation is 1. The van der Waals surface area contributed by atoms with Gasteiger partial charge in [-0.05, 0) is 55.0 Å². The third-order valence-electron chi connectivity index (χ3n) is 5.96. The van der Waals surface area contributed by atoms with Crippen molar-refractivity contribution in [3.63, 3.8) is 0 Å². The molecule has 29 heavy (non-hydrogen) atoms. The first-order valence-corrected chi connectivity index (χ1v) is 10.4. The maximum absolute atomic E-state index is 14.0. The van der Waals surface area contributed by atoms with E-state index in [2.05, 4.69) is 12.0 Å². The molecule has 1 aliphatic carbocycles. The van der Waals surface area contributed by atoms with Gasteiger partial charge in [-0.2, -0.15) is 5.10 Å². The molecule has 0 N–H and O–H groups in total. The molecule has 4 aromatic rings. The highest BCUT2D eigenvalue weighted by Gasteiger charge is 2.26. The average Bonchev–Trinajstić information content (AvgIpc) is 3.17. The van der Waals surface area contributed by atoms with Gasteiger partial charge in [0.25, 0.3) is 0 Å². The Kier molecular flexibility index (Phi) is 4.59. The topological polar surface area (TPSA) is 30.2 Å². The van der Waals surface area contributed by atoms with Crippen molar-refractivity contribution in [2.24, 2.45) is 5.92 Å². The van der Waals surface area contributed by atoms with Crippen molar-refractivity contribution in [3.8, 4) is 22.4 Å². The molecule has 0 amide bonds. The second kappa shape index (κ2) is 7.27. The summed E-state index contributed by atoms with van der Waals surface area (Å²) in [6, 6.07) is 14.4. The monoisotopic (exact) mass is 405 g/mol. The second-order valence-electron chi connectivity index (χ2n) is 7.71. The molecule has 2 aromatic heterocycles. The summed E-state index contributed by atoms with van der Waals surface area (Å²) in [5.74, 6) is 0.382. The highest BCUT2D eigenvalue weighted by Crippen LogP contribution is 2.36. The van der Waals surface area contributed by atoms with E-state index in [-0.39, 0.29) is 5.82 Å². The molecule has 0 bridgehead atoms. The Morgan fingerprint density at radius 1 is 1.14 bits per heavy atom. The van der Waals surface area contributed by atoms with Gasteiger partial charge in [0.15, 0.2) is 5.65 Å². The van der Waals surface area contributed by atoms with Crippen molar-refractivity contribution in [2.45, 2.75) is 32.6 Å². The molecule has 0 saturated carbocycles. The quantitative estimate of drug-likeness (QED) is 0.396. The zero-order chi connectivity index (χ0) is 20.0. The molecule has 0 fully saturated rings. The van der Waals surface area contributed by atoms with Crippen LogP contribution in [0.5, 0.6) is 0 Å². The summed E-state index contributed by atoms with van der Waals surface area (Å²) in [5.41, 5.74) is 6.88. The molecule has 0 unspecified atom stereocenters. The van der Waals surface area contributed by atoms with Crippen molar-refractivity contribution in [3.05, 3.63) is 76.8 Å². The van der Waals surface area contributed by atoms with Crippen LogP contribution in [0.1, 0.15) is 31.0 Å². The molecule has 5 rings (SSSR count). The van der Waals surface area contributed by atoms with Crippen molar-refractivity contribution in [2.75, 3.05) is 0 Å². The molecule has 1 aliphatic rings. The van der Waals surface area contributed by atoms with Crippen LogP contribution in [0.2, 0.25) is 5.02 Å². The Balaban J connectivity index is 1.77. The lowest BCUT2D eigenvalue weighted by Gasteiger charge is -2.26. The number of rotatable bonds is 3. The van der Waals surface area contributed by atoms with Crippen LogP contribution < -0.4 is 0 Å². The Hall–Kier alpha value is -2.72. The van der Waals surface area contributed by atoms with Gasteiger partial charge in [0.2, 0.25) is 0 Å². The average molecular weight is 406 g/mol. The summed E-state index contributed by atoms with van der Waals surface area (Å²) in [7, 11) is 0. The van der Waals surface area contributed by atoms with E-state index in [1.165, 1.54) is 17.3 Å². The molecule has 0 spiro atoms. The van der Waals surface area contributed by atoms with E-state index in [1.807, 2.05) is 41.0 Å². The van der Waals surface area contributed by atoms with Crippen molar-refractivity contribution >= 4 is 17.2 Å². The Morgan fingerprint density at radius 2 is 1.97 bits per heavy atom. The van der Waals surface area contributed by atoms with Gasteiger partial charge in [-0.15, -0.1) is 0 Å². The summed E-state index contributed by atoms with van der Waals surface area (Å²) in [4.78, 5) is 5.03. The molecule has 2 heterocycles. The van der Waals surface area contributed by atoms with Crippen LogP contribution in [0.25, 0.3) is 28.0 Å². The molecule has 0 aliphatic heterocycles. The Bertz CT molecular complexity index is 1200. The van der Waals surface area contributed by atoms with Gasteiger partial charge in [0.05, 0.1) is 11.9 Å². The molecule has 0 saturated heterocycles. The molecule has 5 heteroatoms. The van der Waals surface area contributed by atoms with Gasteiger partial charge in [-0.25, -0.2) is 13.9 Å². The van der Waals surface area contributed by atoms with E-state index in [0.717, 1.165) is 53.7 Å². The van der Waals surface area contributed by atoms with E-state index < -0.39 is 0 Å². The van der Waals surface area contributed by atoms with Crippen molar-refractivity contribution < 1.29 is 4.39 Å². The second-order valence-corrected chi connectivity index (χ2v) is 8.15. The number of hydrogen-bond acceptors (Lipinski definition) is 2. The molecule has 0 radical (unpaired) electrons. The van der Waals surface area contributed by atoms with Gasteiger partial charge in [-0.3, -0.25) is 0 Å². The molecular formula is C24H21ClFN3. The van der Waals surface area contributed by atoms with Crippen LogP contribution in [0.4, 0.5) is 4.39 Å². The summed E-state index contributed by atoms with van der Waals surface area (Å²) in [5, 5.41) is 5.38. The van der Waals surface area contributed by atoms with Gasteiger partial charge >= 0.3 is 0 Å². The van der Waals surface area contributed by atoms with Crippen LogP contribution >= 0.6 is 11.6 Å². The largest absolute Gasteiger partial charge is 0.228 e. The summed E-state index contributed by atoms with van der Waals surface area (Å²) < 4.78 is 16.0. The van der Waals surface area contributed by atoms with Crippen LogP contribution in [0.15, 0.2) is 54.7 Å². The number of halogens is 2. The SMILES string of the molecule is CC[C@@H]1CCc2c(c(-c3cccc(F)c3)nc3c(-c4ccc(Cl)cc4)cnn23)C1. The lowest BCUT2D eigenvalue weighted by atomic mass is 9.83. The van der Waals surface area contributed by atoms with Crippen LogP contribution in [0, 0.1) is 11.7 Å². The maximum atomic E-state index is 14.0. The first kappa shape index (κ1) is 18.3. The summed E-state index contributed by atoms with van der Waals surface area (Å²) in [6.07, 6.45) is 6.05. The van der Waals surface area contributed by atoms with E-state index >= 15 is 0 Å². The fourth-order valence-corrected chi connectivity index (χ4v) is 4.47. The fourth-order valence-electron chi connectivity index (χ4n) is 4.34. The first-order chi connectivity index (χ1) is 14.1. The minimum Gasteiger partial charge on any atom is -0.228 e. The molecule has 2 aromatic carbocycles. The lowest BCUT2D eigenvalue weighted by molar-refractivity contribution is 0.435. The number of benzene rings is 2. The predicted molar refractivity (Wildman–Crippen MR) is 115 cm³/mol. The van der Waals surface area contributed by atoms with Gasteiger partial charge in [0, 0.05) is 27.4 Å². The zero-order valence-corrected chi connectivity index (χ0v) is 17.0. The third-order valence-corrected chi connectivity index (χ3v) is 6.22. The third kappa shape index (κ3) is 3.22. The smallest absolute Gasteiger partial charge is 0.163 e. The predicted octanol–water partition coefficient (Wildman–Crippen LogP) is 6.37. The molecule has 146 valence electrons. The number of hydrogen-bond donors (Lipinski definition) is 0.